The summed E-state index contributed by atoms with van der Waals surface area (Å²) in [5.41, 5.74) is -0.500. The van der Waals surface area contributed by atoms with Crippen LogP contribution in [0.25, 0.3) is 16.4 Å². The van der Waals surface area contributed by atoms with Crippen molar-refractivity contribution in [3.63, 3.8) is 0 Å². The van der Waals surface area contributed by atoms with Gasteiger partial charge in [0.2, 0.25) is 0 Å². The van der Waals surface area contributed by atoms with Crippen molar-refractivity contribution in [3.8, 4) is 0 Å². The molecular weight excluding hydrogens is 435 g/mol. The number of amides is 1. The summed E-state index contributed by atoms with van der Waals surface area (Å²) in [5, 5.41) is 11.2. The lowest BCUT2D eigenvalue weighted by molar-refractivity contribution is -0.136. The molecule has 1 saturated carbocycles. The zero-order valence-corrected chi connectivity index (χ0v) is 17.4. The highest BCUT2D eigenvalue weighted by Gasteiger charge is 2.34. The van der Waals surface area contributed by atoms with Gasteiger partial charge in [-0.3, -0.25) is 14.0 Å². The maximum absolute atomic E-state index is 13.2. The first-order valence-corrected chi connectivity index (χ1v) is 10.6. The molecule has 5 rings (SSSR count). The molecule has 170 valence electrons. The van der Waals surface area contributed by atoms with Crippen molar-refractivity contribution >= 4 is 22.3 Å². The van der Waals surface area contributed by atoms with Crippen molar-refractivity contribution in [1.29, 1.82) is 0 Å². The van der Waals surface area contributed by atoms with Crippen LogP contribution < -0.4 is 10.9 Å². The molecule has 0 spiro atoms. The summed E-state index contributed by atoms with van der Waals surface area (Å²) in [7, 11) is 0. The molecule has 0 atom stereocenters. The molecule has 10 heteroatoms. The molecule has 1 aromatic carbocycles. The van der Waals surface area contributed by atoms with E-state index in [1.54, 1.807) is 6.07 Å². The second-order valence-corrected chi connectivity index (χ2v) is 8.26. The van der Waals surface area contributed by atoms with Gasteiger partial charge in [0.1, 0.15) is 11.3 Å². The van der Waals surface area contributed by atoms with Crippen molar-refractivity contribution in [3.05, 3.63) is 76.1 Å². The van der Waals surface area contributed by atoms with E-state index in [1.807, 2.05) is 18.2 Å². The molecule has 1 fully saturated rings. The van der Waals surface area contributed by atoms with Gasteiger partial charge in [0.05, 0.1) is 22.8 Å². The summed E-state index contributed by atoms with van der Waals surface area (Å²) < 4.78 is 40.8. The van der Waals surface area contributed by atoms with E-state index in [9.17, 15) is 22.8 Å². The lowest BCUT2D eigenvalue weighted by Crippen LogP contribution is -2.38. The van der Waals surface area contributed by atoms with E-state index >= 15 is 0 Å². The molecule has 1 aliphatic carbocycles. The van der Waals surface area contributed by atoms with Crippen molar-refractivity contribution < 1.29 is 18.0 Å². The van der Waals surface area contributed by atoms with Crippen molar-refractivity contribution in [2.45, 2.75) is 43.8 Å². The molecular formula is C23H20F3N5O2. The van der Waals surface area contributed by atoms with E-state index in [-0.39, 0.29) is 28.9 Å². The minimum absolute atomic E-state index is 0.0616. The summed E-state index contributed by atoms with van der Waals surface area (Å²) in [6, 6.07) is 9.43. The van der Waals surface area contributed by atoms with E-state index in [1.165, 1.54) is 22.9 Å². The fraction of sp³-hybridized carbons (Fsp3) is 0.304. The van der Waals surface area contributed by atoms with E-state index in [2.05, 4.69) is 20.5 Å². The van der Waals surface area contributed by atoms with Gasteiger partial charge < -0.3 is 5.32 Å². The molecule has 3 heterocycles. The first-order chi connectivity index (χ1) is 15.8. The van der Waals surface area contributed by atoms with Gasteiger partial charge in [0.25, 0.3) is 11.5 Å². The number of nitrogens with one attached hydrogen (secondary N) is 2. The van der Waals surface area contributed by atoms with Crippen LogP contribution >= 0.6 is 0 Å². The smallest absolute Gasteiger partial charge is 0.348 e. The number of aromatic amines is 1. The van der Waals surface area contributed by atoms with Crippen LogP contribution in [0.2, 0.25) is 0 Å². The van der Waals surface area contributed by atoms with E-state index in [0.29, 0.717) is 18.2 Å². The summed E-state index contributed by atoms with van der Waals surface area (Å²) in [6.45, 7) is 0. The quantitative estimate of drug-likeness (QED) is 0.488. The number of nitrogens with zero attached hydrogens (tertiary/aromatic N) is 3. The van der Waals surface area contributed by atoms with Gasteiger partial charge in [0.15, 0.2) is 0 Å². The Morgan fingerprint density at radius 3 is 2.52 bits per heavy atom. The maximum atomic E-state index is 13.2. The number of fused-ring (bicyclic) bond motifs is 2. The Balaban J connectivity index is 1.30. The number of imidazole rings is 1. The molecule has 0 saturated heterocycles. The molecule has 0 radical (unpaired) electrons. The third-order valence-corrected chi connectivity index (χ3v) is 6.25. The predicted molar refractivity (Wildman–Crippen MR) is 115 cm³/mol. The largest absolute Gasteiger partial charge is 0.419 e. The first-order valence-electron chi connectivity index (χ1n) is 10.6. The van der Waals surface area contributed by atoms with Crippen LogP contribution in [0.15, 0.2) is 53.6 Å². The van der Waals surface area contributed by atoms with Crippen molar-refractivity contribution in [1.82, 2.24) is 24.9 Å². The first kappa shape index (κ1) is 21.2. The number of H-pyrrole nitrogens is 1. The molecule has 3 aromatic heterocycles. The zero-order chi connectivity index (χ0) is 23.2. The number of hydrogen-bond donors (Lipinski definition) is 2. The number of hydrogen-bond acceptors (Lipinski definition) is 4. The lowest BCUT2D eigenvalue weighted by Gasteiger charge is -2.29. The highest BCUT2D eigenvalue weighted by atomic mass is 19.4. The average molecular weight is 455 g/mol. The van der Waals surface area contributed by atoms with Crippen LogP contribution in [0, 0.1) is 0 Å². The van der Waals surface area contributed by atoms with Gasteiger partial charge in [-0.15, -0.1) is 0 Å². The van der Waals surface area contributed by atoms with E-state index in [0.717, 1.165) is 30.0 Å². The average Bonchev–Trinajstić information content (AvgIpc) is 3.24. The minimum atomic E-state index is -4.56. The summed E-state index contributed by atoms with van der Waals surface area (Å²) in [5.74, 6) is -0.317. The SMILES string of the molecule is O=C(NC1CCC(c2n[nH]c(=O)c3ccccc23)CC1)c1cnc2c(C(F)(F)F)cccn12. The van der Waals surface area contributed by atoms with Crippen molar-refractivity contribution in [2.75, 3.05) is 0 Å². The highest BCUT2D eigenvalue weighted by molar-refractivity contribution is 5.93. The Morgan fingerprint density at radius 1 is 1.06 bits per heavy atom. The standard InChI is InChI=1S/C23H20F3N5O2/c24-23(25,26)17-6-3-11-31-18(12-27-20(17)31)22(33)28-14-9-7-13(8-10-14)19-15-4-1-2-5-16(15)21(32)30-29-19/h1-6,11-14H,7-10H2,(H,28,33)(H,30,32). The second-order valence-electron chi connectivity index (χ2n) is 8.26. The predicted octanol–water partition coefficient (Wildman–Crippen LogP) is 4.05. The minimum Gasteiger partial charge on any atom is -0.348 e. The molecule has 2 N–H and O–H groups in total. The third-order valence-electron chi connectivity index (χ3n) is 6.25. The lowest BCUT2D eigenvalue weighted by atomic mass is 9.82. The number of alkyl halides is 3. The van der Waals surface area contributed by atoms with Crippen molar-refractivity contribution in [2.24, 2.45) is 0 Å². The Bertz CT molecular complexity index is 1400. The van der Waals surface area contributed by atoms with Crippen LogP contribution in [0.4, 0.5) is 13.2 Å². The topological polar surface area (TPSA) is 92.1 Å². The number of benzene rings is 1. The molecule has 4 aromatic rings. The summed E-state index contributed by atoms with van der Waals surface area (Å²) in [4.78, 5) is 28.7. The van der Waals surface area contributed by atoms with Crippen LogP contribution in [-0.4, -0.2) is 31.5 Å². The van der Waals surface area contributed by atoms with Crippen LogP contribution in [0.3, 0.4) is 0 Å². The third kappa shape index (κ3) is 3.85. The number of halogens is 3. The summed E-state index contributed by atoms with van der Waals surface area (Å²) in [6.07, 6.45) is 0.920. The van der Waals surface area contributed by atoms with Crippen LogP contribution in [0.5, 0.6) is 0 Å². The van der Waals surface area contributed by atoms with E-state index in [4.69, 9.17) is 0 Å². The number of carbonyl (C=O) groups excluding carboxylic acids is 1. The molecule has 7 nitrogen and oxygen atoms in total. The fourth-order valence-electron chi connectivity index (χ4n) is 4.62. The molecule has 1 aliphatic rings. The molecule has 0 aliphatic heterocycles. The Morgan fingerprint density at radius 2 is 1.79 bits per heavy atom. The second kappa shape index (κ2) is 8.02. The number of aromatic nitrogens is 4. The maximum Gasteiger partial charge on any atom is 0.419 e. The van der Waals surface area contributed by atoms with Crippen LogP contribution in [-0.2, 0) is 6.18 Å². The van der Waals surface area contributed by atoms with Gasteiger partial charge >= 0.3 is 6.18 Å². The Labute approximate surface area is 185 Å². The van der Waals surface area contributed by atoms with Gasteiger partial charge in [-0.05, 0) is 43.9 Å². The monoisotopic (exact) mass is 455 g/mol. The Hall–Kier alpha value is -3.69. The highest BCUT2D eigenvalue weighted by Crippen LogP contribution is 2.35. The number of pyridine rings is 1. The van der Waals surface area contributed by atoms with E-state index < -0.39 is 17.6 Å². The van der Waals surface area contributed by atoms with Gasteiger partial charge in [-0.1, -0.05) is 18.2 Å². The number of carbonyl (C=O) groups is 1. The molecule has 0 bridgehead atoms. The molecule has 1 amide bonds. The van der Waals surface area contributed by atoms with Crippen LogP contribution in [0.1, 0.15) is 53.3 Å². The molecule has 33 heavy (non-hydrogen) atoms. The van der Waals surface area contributed by atoms with Gasteiger partial charge in [0, 0.05) is 23.5 Å². The fourth-order valence-corrected chi connectivity index (χ4v) is 4.62. The normalized spacial score (nSPS) is 19.1. The Kier molecular flexibility index (Phi) is 5.15. The van der Waals surface area contributed by atoms with Gasteiger partial charge in [-0.25, -0.2) is 10.1 Å². The van der Waals surface area contributed by atoms with Gasteiger partial charge in [-0.2, -0.15) is 18.3 Å². The zero-order valence-electron chi connectivity index (χ0n) is 17.4. The summed E-state index contributed by atoms with van der Waals surface area (Å²) >= 11 is 0. The molecule has 0 unspecified atom stereocenters. The number of rotatable bonds is 3.